The van der Waals surface area contributed by atoms with Gasteiger partial charge in [0.15, 0.2) is 0 Å². The van der Waals surface area contributed by atoms with Crippen molar-refractivity contribution >= 4 is 17.4 Å². The Balaban J connectivity index is 1.81. The highest BCUT2D eigenvalue weighted by Gasteiger charge is 2.20. The Morgan fingerprint density at radius 2 is 2.20 bits per heavy atom. The minimum atomic E-state index is -0.813. The second-order valence-corrected chi connectivity index (χ2v) is 4.48. The molecule has 0 spiro atoms. The molecule has 0 aromatic carbocycles. The van der Waals surface area contributed by atoms with Crippen molar-refractivity contribution in [1.29, 1.82) is 0 Å². The number of piperazine rings is 1. The fraction of sp³-hybridized carbons (Fsp3) is 0.556. The number of aromatic nitrogens is 1. The summed E-state index contributed by atoms with van der Waals surface area (Å²) in [7, 11) is 0. The van der Waals surface area contributed by atoms with E-state index in [0.29, 0.717) is 13.1 Å². The highest BCUT2D eigenvalue weighted by molar-refractivity contribution is 7.09. The van der Waals surface area contributed by atoms with Gasteiger partial charge >= 0.3 is 6.09 Å². The summed E-state index contributed by atoms with van der Waals surface area (Å²) in [6, 6.07) is 0. The van der Waals surface area contributed by atoms with Crippen molar-refractivity contribution in [2.75, 3.05) is 26.2 Å². The highest BCUT2D eigenvalue weighted by atomic mass is 32.1. The molecule has 0 saturated carbocycles. The van der Waals surface area contributed by atoms with E-state index in [2.05, 4.69) is 9.88 Å². The number of thiazole rings is 1. The third-order valence-electron chi connectivity index (χ3n) is 2.51. The predicted octanol–water partition coefficient (Wildman–Crippen LogP) is 0.939. The first-order valence-electron chi connectivity index (χ1n) is 4.83. The Morgan fingerprint density at radius 1 is 1.47 bits per heavy atom. The first-order valence-corrected chi connectivity index (χ1v) is 5.71. The molecule has 2 rings (SSSR count). The van der Waals surface area contributed by atoms with E-state index in [0.717, 1.165) is 19.6 Å². The van der Waals surface area contributed by atoms with Crippen LogP contribution < -0.4 is 0 Å². The monoisotopic (exact) mass is 227 g/mol. The predicted molar refractivity (Wildman–Crippen MR) is 57.0 cm³/mol. The van der Waals surface area contributed by atoms with Crippen molar-refractivity contribution in [3.63, 3.8) is 0 Å². The van der Waals surface area contributed by atoms with Crippen LogP contribution in [0.1, 0.15) is 4.88 Å². The fourth-order valence-corrected chi connectivity index (χ4v) is 2.27. The molecule has 1 amide bonds. The van der Waals surface area contributed by atoms with Gasteiger partial charge in [0.25, 0.3) is 0 Å². The summed E-state index contributed by atoms with van der Waals surface area (Å²) in [5.41, 5.74) is 1.82. The zero-order valence-electron chi connectivity index (χ0n) is 8.30. The van der Waals surface area contributed by atoms with Gasteiger partial charge < -0.3 is 10.0 Å². The normalized spacial score (nSPS) is 18.0. The van der Waals surface area contributed by atoms with Gasteiger partial charge in [-0.3, -0.25) is 9.88 Å². The van der Waals surface area contributed by atoms with Gasteiger partial charge in [-0.25, -0.2) is 4.79 Å². The van der Waals surface area contributed by atoms with Crippen LogP contribution in [-0.2, 0) is 6.54 Å². The second-order valence-electron chi connectivity index (χ2n) is 3.51. The lowest BCUT2D eigenvalue weighted by Crippen LogP contribution is -2.47. The molecule has 5 nitrogen and oxygen atoms in total. The smallest absolute Gasteiger partial charge is 0.407 e. The van der Waals surface area contributed by atoms with Crippen LogP contribution in [0.15, 0.2) is 11.7 Å². The summed E-state index contributed by atoms with van der Waals surface area (Å²) in [4.78, 5) is 19.6. The molecule has 2 heterocycles. The molecule has 1 N–H and O–H groups in total. The summed E-state index contributed by atoms with van der Waals surface area (Å²) in [5, 5.41) is 8.78. The van der Waals surface area contributed by atoms with Crippen LogP contribution in [-0.4, -0.2) is 52.2 Å². The highest BCUT2D eigenvalue weighted by Crippen LogP contribution is 2.11. The molecule has 1 aliphatic rings. The van der Waals surface area contributed by atoms with Gasteiger partial charge in [0.2, 0.25) is 0 Å². The average molecular weight is 227 g/mol. The minimum absolute atomic E-state index is 0.605. The topological polar surface area (TPSA) is 56.7 Å². The Morgan fingerprint density at radius 3 is 2.73 bits per heavy atom. The average Bonchev–Trinajstić information content (AvgIpc) is 2.71. The van der Waals surface area contributed by atoms with Gasteiger partial charge in [-0.15, -0.1) is 11.3 Å². The quantitative estimate of drug-likeness (QED) is 0.817. The Bertz CT molecular complexity index is 320. The van der Waals surface area contributed by atoms with Crippen LogP contribution in [0.5, 0.6) is 0 Å². The van der Waals surface area contributed by atoms with Crippen LogP contribution in [0.4, 0.5) is 4.79 Å². The van der Waals surface area contributed by atoms with Crippen molar-refractivity contribution in [3.8, 4) is 0 Å². The molecule has 1 aliphatic heterocycles. The molecule has 1 aromatic heterocycles. The lowest BCUT2D eigenvalue weighted by atomic mass is 10.3. The van der Waals surface area contributed by atoms with Crippen molar-refractivity contribution in [3.05, 3.63) is 16.6 Å². The second kappa shape index (κ2) is 4.59. The molecule has 0 radical (unpaired) electrons. The van der Waals surface area contributed by atoms with E-state index in [1.807, 2.05) is 11.7 Å². The standard InChI is InChI=1S/C9H13N3O2S/c13-9(14)12-3-1-11(2-4-12)6-8-5-10-7-15-8/h5,7H,1-4,6H2,(H,13,14). The molecule has 0 aliphatic carbocycles. The van der Waals surface area contributed by atoms with Crippen molar-refractivity contribution in [2.45, 2.75) is 6.54 Å². The van der Waals surface area contributed by atoms with Crippen LogP contribution in [0, 0.1) is 0 Å². The van der Waals surface area contributed by atoms with E-state index < -0.39 is 6.09 Å². The van der Waals surface area contributed by atoms with E-state index in [4.69, 9.17) is 5.11 Å². The number of rotatable bonds is 2. The molecule has 6 heteroatoms. The molecule has 1 saturated heterocycles. The van der Waals surface area contributed by atoms with E-state index in [1.165, 1.54) is 9.78 Å². The molecule has 82 valence electrons. The third kappa shape index (κ3) is 2.66. The van der Waals surface area contributed by atoms with Gasteiger partial charge in [-0.2, -0.15) is 0 Å². The number of hydrogen-bond donors (Lipinski definition) is 1. The first-order chi connectivity index (χ1) is 7.25. The molecular formula is C9H13N3O2S. The summed E-state index contributed by atoms with van der Waals surface area (Å²) >= 11 is 1.64. The van der Waals surface area contributed by atoms with Crippen LogP contribution >= 0.6 is 11.3 Å². The minimum Gasteiger partial charge on any atom is -0.465 e. The van der Waals surface area contributed by atoms with Crippen molar-refractivity contribution in [2.24, 2.45) is 0 Å². The Hall–Kier alpha value is -1.14. The number of hydrogen-bond acceptors (Lipinski definition) is 4. The number of nitrogens with zero attached hydrogens (tertiary/aromatic N) is 3. The van der Waals surface area contributed by atoms with Crippen molar-refractivity contribution in [1.82, 2.24) is 14.8 Å². The first kappa shape index (κ1) is 10.4. The molecule has 0 bridgehead atoms. The third-order valence-corrected chi connectivity index (χ3v) is 3.27. The lowest BCUT2D eigenvalue weighted by Gasteiger charge is -2.32. The zero-order valence-corrected chi connectivity index (χ0v) is 9.11. The molecular weight excluding hydrogens is 214 g/mol. The summed E-state index contributed by atoms with van der Waals surface area (Å²) in [6.45, 7) is 3.72. The Labute approximate surface area is 92.0 Å². The van der Waals surface area contributed by atoms with E-state index in [-0.39, 0.29) is 0 Å². The molecule has 0 atom stereocenters. The summed E-state index contributed by atoms with van der Waals surface area (Å²) < 4.78 is 0. The number of amides is 1. The maximum absolute atomic E-state index is 10.7. The van der Waals surface area contributed by atoms with Gasteiger partial charge in [-0.1, -0.05) is 0 Å². The molecule has 1 aromatic rings. The van der Waals surface area contributed by atoms with Crippen molar-refractivity contribution < 1.29 is 9.90 Å². The number of carboxylic acid groups (broad SMARTS) is 1. The van der Waals surface area contributed by atoms with E-state index in [1.54, 1.807) is 11.3 Å². The largest absolute Gasteiger partial charge is 0.465 e. The maximum atomic E-state index is 10.7. The van der Waals surface area contributed by atoms with E-state index >= 15 is 0 Å². The fourth-order valence-electron chi connectivity index (χ4n) is 1.64. The molecule has 15 heavy (non-hydrogen) atoms. The van der Waals surface area contributed by atoms with Gasteiger partial charge in [0, 0.05) is 43.8 Å². The molecule has 0 unspecified atom stereocenters. The van der Waals surface area contributed by atoms with Gasteiger partial charge in [0.1, 0.15) is 0 Å². The van der Waals surface area contributed by atoms with Crippen LogP contribution in [0.2, 0.25) is 0 Å². The molecule has 1 fully saturated rings. The number of carbonyl (C=O) groups is 1. The summed E-state index contributed by atoms with van der Waals surface area (Å²) in [5.74, 6) is 0. The lowest BCUT2D eigenvalue weighted by molar-refractivity contribution is 0.103. The summed E-state index contributed by atoms with van der Waals surface area (Å²) in [6.07, 6.45) is 1.06. The van der Waals surface area contributed by atoms with Crippen LogP contribution in [0.25, 0.3) is 0 Å². The maximum Gasteiger partial charge on any atom is 0.407 e. The SMILES string of the molecule is O=C(O)N1CCN(Cc2cncs2)CC1. The van der Waals surface area contributed by atoms with Gasteiger partial charge in [-0.05, 0) is 0 Å². The Kier molecular flexibility index (Phi) is 3.17. The van der Waals surface area contributed by atoms with E-state index in [9.17, 15) is 4.79 Å². The van der Waals surface area contributed by atoms with Crippen LogP contribution in [0.3, 0.4) is 0 Å². The zero-order chi connectivity index (χ0) is 10.7. The van der Waals surface area contributed by atoms with Gasteiger partial charge in [0.05, 0.1) is 5.51 Å².